The minimum Gasteiger partial charge on any atom is -0.432 e. The Bertz CT molecular complexity index is 758. The van der Waals surface area contributed by atoms with Gasteiger partial charge in [0.1, 0.15) is 5.82 Å². The number of carbonyl (C=O) groups excluding carboxylic acids is 1. The molecule has 0 aliphatic rings. The van der Waals surface area contributed by atoms with Gasteiger partial charge in [0.25, 0.3) is 5.91 Å². The molecule has 0 unspecified atom stereocenters. The van der Waals surface area contributed by atoms with Crippen LogP contribution in [0.1, 0.15) is 10.4 Å². The zero-order valence-corrected chi connectivity index (χ0v) is 13.4. The molecule has 0 saturated heterocycles. The van der Waals surface area contributed by atoms with Crippen LogP contribution in [0.4, 0.5) is 23.2 Å². The maximum atomic E-state index is 13.6. The fourth-order valence-corrected chi connectivity index (χ4v) is 2.24. The van der Waals surface area contributed by atoms with Crippen LogP contribution in [-0.4, -0.2) is 12.5 Å². The summed E-state index contributed by atoms with van der Waals surface area (Å²) in [5.41, 5.74) is -0.0566. The number of carbonyl (C=O) groups is 1. The Morgan fingerprint density at radius 2 is 1.87 bits per heavy atom. The lowest BCUT2D eigenvalue weighted by Crippen LogP contribution is -2.13. The molecule has 1 amide bonds. The minimum atomic E-state index is -3.17. The van der Waals surface area contributed by atoms with Gasteiger partial charge in [-0.05, 0) is 40.2 Å². The van der Waals surface area contributed by atoms with Gasteiger partial charge in [-0.3, -0.25) is 4.79 Å². The van der Waals surface area contributed by atoms with Crippen LogP contribution in [0.2, 0.25) is 5.02 Å². The molecule has 0 aliphatic heterocycles. The molecular formula is C14H7BrClF4NO2. The first-order valence-electron chi connectivity index (χ1n) is 5.98. The van der Waals surface area contributed by atoms with Crippen LogP contribution in [0.25, 0.3) is 0 Å². The first-order chi connectivity index (χ1) is 10.8. The number of anilines is 1. The molecule has 2 aromatic carbocycles. The molecule has 0 radical (unpaired) electrons. The van der Waals surface area contributed by atoms with Crippen LogP contribution in [0, 0.1) is 11.6 Å². The second kappa shape index (κ2) is 7.18. The van der Waals surface area contributed by atoms with E-state index in [-0.39, 0.29) is 20.7 Å². The highest BCUT2D eigenvalue weighted by Crippen LogP contribution is 2.27. The summed E-state index contributed by atoms with van der Waals surface area (Å²) in [4.78, 5) is 12.1. The van der Waals surface area contributed by atoms with Crippen LogP contribution in [0.5, 0.6) is 5.75 Å². The van der Waals surface area contributed by atoms with Gasteiger partial charge >= 0.3 is 6.61 Å². The van der Waals surface area contributed by atoms with Crippen molar-refractivity contribution >= 4 is 39.1 Å². The van der Waals surface area contributed by atoms with E-state index in [0.717, 1.165) is 24.3 Å². The summed E-state index contributed by atoms with van der Waals surface area (Å²) in [7, 11) is 0. The van der Waals surface area contributed by atoms with Gasteiger partial charge in [0, 0.05) is 11.8 Å². The van der Waals surface area contributed by atoms with Crippen molar-refractivity contribution in [1.29, 1.82) is 0 Å². The van der Waals surface area contributed by atoms with E-state index in [1.165, 1.54) is 6.07 Å². The monoisotopic (exact) mass is 411 g/mol. The van der Waals surface area contributed by atoms with E-state index >= 15 is 0 Å². The van der Waals surface area contributed by atoms with Crippen LogP contribution in [-0.2, 0) is 0 Å². The zero-order chi connectivity index (χ0) is 17.1. The minimum absolute atomic E-state index is 0.00868. The molecule has 2 aromatic rings. The van der Waals surface area contributed by atoms with Gasteiger partial charge in [0.05, 0.1) is 15.1 Å². The Kier molecular flexibility index (Phi) is 5.48. The lowest BCUT2D eigenvalue weighted by molar-refractivity contribution is -0.0521. The third kappa shape index (κ3) is 4.35. The molecule has 0 aliphatic carbocycles. The molecule has 23 heavy (non-hydrogen) atoms. The van der Waals surface area contributed by atoms with Crippen molar-refractivity contribution < 1.29 is 27.1 Å². The van der Waals surface area contributed by atoms with E-state index in [9.17, 15) is 22.4 Å². The molecule has 0 atom stereocenters. The molecule has 0 bridgehead atoms. The van der Waals surface area contributed by atoms with E-state index < -0.39 is 29.9 Å². The number of halogens is 6. The molecule has 3 nitrogen and oxygen atoms in total. The van der Waals surface area contributed by atoms with Crippen molar-refractivity contribution in [3.8, 4) is 5.75 Å². The van der Waals surface area contributed by atoms with Crippen molar-refractivity contribution in [2.24, 2.45) is 0 Å². The summed E-state index contributed by atoms with van der Waals surface area (Å²) in [6, 6.07) is 5.03. The number of amides is 1. The van der Waals surface area contributed by atoms with Crippen LogP contribution < -0.4 is 10.1 Å². The largest absolute Gasteiger partial charge is 0.432 e. The molecule has 9 heteroatoms. The molecule has 0 saturated carbocycles. The van der Waals surface area contributed by atoms with Crippen LogP contribution in [0.15, 0.2) is 34.8 Å². The second-order valence-electron chi connectivity index (χ2n) is 4.22. The quantitative estimate of drug-likeness (QED) is 0.551. The molecular weight excluding hydrogens is 406 g/mol. The number of rotatable bonds is 4. The van der Waals surface area contributed by atoms with E-state index in [4.69, 9.17) is 11.6 Å². The van der Waals surface area contributed by atoms with Gasteiger partial charge in [-0.1, -0.05) is 11.6 Å². The van der Waals surface area contributed by atoms with Crippen LogP contribution in [0.3, 0.4) is 0 Å². The average molecular weight is 413 g/mol. The van der Waals surface area contributed by atoms with Crippen molar-refractivity contribution in [2.75, 3.05) is 5.32 Å². The second-order valence-corrected chi connectivity index (χ2v) is 5.49. The summed E-state index contributed by atoms with van der Waals surface area (Å²) in [6.07, 6.45) is 0. The molecule has 0 spiro atoms. The molecule has 2 rings (SSSR count). The Balaban J connectivity index is 2.21. The van der Waals surface area contributed by atoms with Crippen molar-refractivity contribution in [3.63, 3.8) is 0 Å². The third-order valence-corrected chi connectivity index (χ3v) is 3.58. The fourth-order valence-electron chi connectivity index (χ4n) is 1.67. The lowest BCUT2D eigenvalue weighted by Gasteiger charge is -2.10. The van der Waals surface area contributed by atoms with Crippen LogP contribution >= 0.6 is 27.5 Å². The van der Waals surface area contributed by atoms with Crippen molar-refractivity contribution in [1.82, 2.24) is 0 Å². The van der Waals surface area contributed by atoms with E-state index in [1.807, 2.05) is 0 Å². The molecule has 0 fully saturated rings. The summed E-state index contributed by atoms with van der Waals surface area (Å²) in [5.74, 6) is -3.10. The number of benzene rings is 2. The number of hydrogen-bond donors (Lipinski definition) is 1. The van der Waals surface area contributed by atoms with Gasteiger partial charge < -0.3 is 10.1 Å². The SMILES string of the molecule is O=C(Nc1ccc(OC(F)F)c(F)c1)c1cc(Br)c(F)cc1Cl. The van der Waals surface area contributed by atoms with Crippen molar-refractivity contribution in [2.45, 2.75) is 6.61 Å². The molecule has 1 N–H and O–H groups in total. The predicted octanol–water partition coefficient (Wildman–Crippen LogP) is 5.23. The number of nitrogens with one attached hydrogen (secondary N) is 1. The first kappa shape index (κ1) is 17.6. The maximum absolute atomic E-state index is 13.6. The zero-order valence-electron chi connectivity index (χ0n) is 11.0. The summed E-state index contributed by atoms with van der Waals surface area (Å²) >= 11 is 8.69. The Hall–Kier alpha value is -1.80. The lowest BCUT2D eigenvalue weighted by atomic mass is 10.2. The molecule has 122 valence electrons. The summed E-state index contributed by atoms with van der Waals surface area (Å²) < 4.78 is 54.9. The predicted molar refractivity (Wildman–Crippen MR) is 80.1 cm³/mol. The Labute approximate surface area is 141 Å². The van der Waals surface area contributed by atoms with E-state index in [0.29, 0.717) is 0 Å². The van der Waals surface area contributed by atoms with Gasteiger partial charge in [0.2, 0.25) is 0 Å². The number of alkyl halides is 2. The average Bonchev–Trinajstić information content (AvgIpc) is 2.45. The molecule has 0 aromatic heterocycles. The highest BCUT2D eigenvalue weighted by atomic mass is 79.9. The van der Waals surface area contributed by atoms with Gasteiger partial charge in [-0.25, -0.2) is 8.78 Å². The normalized spacial score (nSPS) is 10.7. The van der Waals surface area contributed by atoms with Gasteiger partial charge in [0.15, 0.2) is 11.6 Å². The first-order valence-corrected chi connectivity index (χ1v) is 7.15. The Morgan fingerprint density at radius 3 is 2.48 bits per heavy atom. The highest BCUT2D eigenvalue weighted by Gasteiger charge is 2.16. The standard InChI is InChI=1S/C14H7BrClF4NO2/c15-8-4-7(9(16)5-10(8)17)13(22)21-6-1-2-12(11(18)3-6)23-14(19)20/h1-5,14H,(H,21,22). The third-order valence-electron chi connectivity index (χ3n) is 2.66. The number of hydrogen-bond acceptors (Lipinski definition) is 2. The summed E-state index contributed by atoms with van der Waals surface area (Å²) in [5, 5.41) is 2.18. The smallest absolute Gasteiger partial charge is 0.387 e. The Morgan fingerprint density at radius 1 is 1.17 bits per heavy atom. The fraction of sp³-hybridized carbons (Fsp3) is 0.0714. The molecule has 0 heterocycles. The topological polar surface area (TPSA) is 38.3 Å². The maximum Gasteiger partial charge on any atom is 0.387 e. The highest BCUT2D eigenvalue weighted by molar-refractivity contribution is 9.10. The van der Waals surface area contributed by atoms with E-state index in [1.54, 1.807) is 0 Å². The number of ether oxygens (including phenoxy) is 1. The van der Waals surface area contributed by atoms with Gasteiger partial charge in [-0.15, -0.1) is 0 Å². The van der Waals surface area contributed by atoms with Crippen molar-refractivity contribution in [3.05, 3.63) is 57.0 Å². The van der Waals surface area contributed by atoms with E-state index in [2.05, 4.69) is 26.0 Å². The summed E-state index contributed by atoms with van der Waals surface area (Å²) in [6.45, 7) is -3.17. The van der Waals surface area contributed by atoms with Gasteiger partial charge in [-0.2, -0.15) is 8.78 Å².